The number of benzene rings is 1. The second-order valence-corrected chi connectivity index (χ2v) is 3.93. The minimum atomic E-state index is 1.08. The molecule has 0 amide bonds. The third kappa shape index (κ3) is 3.75. The molecule has 1 aromatic carbocycles. The molecule has 0 heterocycles. The predicted octanol–water partition coefficient (Wildman–Crippen LogP) is 4.92. The molecule has 0 atom stereocenters. The maximum absolute atomic E-state index is 2.26. The van der Waals surface area contributed by atoms with Crippen molar-refractivity contribution in [2.45, 2.75) is 33.6 Å². The molecule has 1 aromatic rings. The van der Waals surface area contributed by atoms with E-state index in [9.17, 15) is 0 Å². The molecule has 0 unspecified atom stereocenters. The van der Waals surface area contributed by atoms with E-state index in [0.717, 1.165) is 6.42 Å². The number of fused-ring (bicyclic) bond motifs is 1. The molecule has 0 nitrogen and oxygen atoms in total. The van der Waals surface area contributed by atoms with Crippen molar-refractivity contribution in [1.82, 2.24) is 0 Å². The lowest BCUT2D eigenvalue weighted by Gasteiger charge is -1.98. The molecule has 0 aromatic heterocycles. The van der Waals surface area contributed by atoms with Gasteiger partial charge in [-0.25, -0.2) is 0 Å². The van der Waals surface area contributed by atoms with Crippen LogP contribution in [0.4, 0.5) is 0 Å². The first kappa shape index (κ1) is 11.8. The van der Waals surface area contributed by atoms with E-state index in [4.69, 9.17) is 0 Å². The number of rotatable bonds is 0. The van der Waals surface area contributed by atoms with E-state index in [1.165, 1.54) is 23.1 Å². The fourth-order valence-corrected chi connectivity index (χ4v) is 1.49. The van der Waals surface area contributed by atoms with E-state index in [-0.39, 0.29) is 0 Å². The molecule has 1 aliphatic rings. The summed E-state index contributed by atoms with van der Waals surface area (Å²) in [4.78, 5) is 0. The van der Waals surface area contributed by atoms with Crippen molar-refractivity contribution < 1.29 is 0 Å². The van der Waals surface area contributed by atoms with Gasteiger partial charge >= 0.3 is 0 Å². The molecule has 2 rings (SSSR count). The van der Waals surface area contributed by atoms with E-state index in [1.807, 2.05) is 0 Å². The Balaban J connectivity index is 0.000000337. The molecule has 15 heavy (non-hydrogen) atoms. The molecule has 0 saturated carbocycles. The number of hydrogen-bond donors (Lipinski definition) is 0. The molecule has 0 fully saturated rings. The van der Waals surface area contributed by atoms with Crippen LogP contribution in [0.2, 0.25) is 0 Å². The Morgan fingerprint density at radius 1 is 1.07 bits per heavy atom. The SMILES string of the molecule is CC1=Cc2ccccc2C=CC1.CCC. The molecule has 0 saturated heterocycles. The maximum Gasteiger partial charge on any atom is -0.0135 e. The molecule has 0 radical (unpaired) electrons. The Hall–Kier alpha value is -1.30. The first-order valence-electron chi connectivity index (χ1n) is 5.70. The van der Waals surface area contributed by atoms with Gasteiger partial charge in [0.25, 0.3) is 0 Å². The summed E-state index contributed by atoms with van der Waals surface area (Å²) in [6, 6.07) is 8.48. The van der Waals surface area contributed by atoms with Crippen LogP contribution < -0.4 is 0 Å². The Kier molecular flexibility index (Phi) is 4.89. The third-order valence-electron chi connectivity index (χ3n) is 2.14. The Morgan fingerprint density at radius 3 is 2.33 bits per heavy atom. The largest absolute Gasteiger partial charge is 0.0799 e. The first-order chi connectivity index (χ1) is 7.27. The highest BCUT2D eigenvalue weighted by Gasteiger charge is 1.98. The fraction of sp³-hybridized carbons (Fsp3) is 0.333. The van der Waals surface area contributed by atoms with Crippen LogP contribution in [0, 0.1) is 0 Å². The van der Waals surface area contributed by atoms with Crippen LogP contribution in [0.15, 0.2) is 35.9 Å². The molecular weight excluding hydrogens is 180 g/mol. The van der Waals surface area contributed by atoms with Gasteiger partial charge in [-0.3, -0.25) is 0 Å². The summed E-state index contributed by atoms with van der Waals surface area (Å²) in [6.45, 7) is 6.42. The van der Waals surface area contributed by atoms with Crippen LogP contribution >= 0.6 is 0 Å². The van der Waals surface area contributed by atoms with Gasteiger partial charge in [0.15, 0.2) is 0 Å². The molecule has 0 N–H and O–H groups in total. The van der Waals surface area contributed by atoms with Crippen molar-refractivity contribution in [3.63, 3.8) is 0 Å². The lowest BCUT2D eigenvalue weighted by molar-refractivity contribution is 1.09. The normalized spacial score (nSPS) is 13.1. The van der Waals surface area contributed by atoms with Gasteiger partial charge in [-0.2, -0.15) is 0 Å². The van der Waals surface area contributed by atoms with Crippen molar-refractivity contribution in [3.8, 4) is 0 Å². The first-order valence-corrected chi connectivity index (χ1v) is 5.70. The van der Waals surface area contributed by atoms with Crippen LogP contribution in [0.25, 0.3) is 12.2 Å². The summed E-state index contributed by atoms with van der Waals surface area (Å²) in [5.74, 6) is 0. The summed E-state index contributed by atoms with van der Waals surface area (Å²) in [5.41, 5.74) is 4.09. The van der Waals surface area contributed by atoms with Crippen LogP contribution in [0.5, 0.6) is 0 Å². The quantitative estimate of drug-likeness (QED) is 0.557. The van der Waals surface area contributed by atoms with Crippen LogP contribution in [0.1, 0.15) is 44.7 Å². The Morgan fingerprint density at radius 2 is 1.67 bits per heavy atom. The number of allylic oxidation sites excluding steroid dienone is 2. The molecule has 0 aliphatic heterocycles. The van der Waals surface area contributed by atoms with Crippen molar-refractivity contribution in [2.24, 2.45) is 0 Å². The highest BCUT2D eigenvalue weighted by atomic mass is 14.0. The van der Waals surface area contributed by atoms with Gasteiger partial charge in [-0.1, -0.05) is 68.3 Å². The highest BCUT2D eigenvalue weighted by molar-refractivity contribution is 5.68. The zero-order chi connectivity index (χ0) is 11.1. The summed E-state index contributed by atoms with van der Waals surface area (Å²) in [7, 11) is 0. The van der Waals surface area contributed by atoms with Crippen molar-refractivity contribution in [2.75, 3.05) is 0 Å². The van der Waals surface area contributed by atoms with Gasteiger partial charge < -0.3 is 0 Å². The van der Waals surface area contributed by atoms with Gasteiger partial charge in [-0.15, -0.1) is 0 Å². The standard InChI is InChI=1S/C12H12.C3H8/c1-10-5-4-8-11-6-2-3-7-12(11)9-10;1-3-2/h2-4,6-9H,5H2,1H3;3H2,1-2H3. The second-order valence-electron chi connectivity index (χ2n) is 3.93. The monoisotopic (exact) mass is 200 g/mol. The van der Waals surface area contributed by atoms with Crippen molar-refractivity contribution >= 4 is 12.2 Å². The summed E-state index contributed by atoms with van der Waals surface area (Å²) < 4.78 is 0. The smallest absolute Gasteiger partial charge is 0.0135 e. The van der Waals surface area contributed by atoms with Gasteiger partial charge in [-0.05, 0) is 24.5 Å². The van der Waals surface area contributed by atoms with Crippen LogP contribution in [-0.2, 0) is 0 Å². The van der Waals surface area contributed by atoms with E-state index in [1.54, 1.807) is 0 Å². The summed E-state index contributed by atoms with van der Waals surface area (Å²) >= 11 is 0. The van der Waals surface area contributed by atoms with Gasteiger partial charge in [0, 0.05) is 0 Å². The zero-order valence-corrected chi connectivity index (χ0v) is 9.96. The Bertz CT molecular complexity index is 356. The molecule has 1 aliphatic carbocycles. The van der Waals surface area contributed by atoms with Crippen LogP contribution in [0.3, 0.4) is 0 Å². The van der Waals surface area contributed by atoms with E-state index < -0.39 is 0 Å². The average Bonchev–Trinajstić information content (AvgIpc) is 2.39. The highest BCUT2D eigenvalue weighted by Crippen LogP contribution is 2.20. The van der Waals surface area contributed by atoms with E-state index in [2.05, 4.69) is 63.3 Å². The van der Waals surface area contributed by atoms with E-state index >= 15 is 0 Å². The van der Waals surface area contributed by atoms with Crippen molar-refractivity contribution in [3.05, 3.63) is 47.0 Å². The molecule has 0 spiro atoms. The summed E-state index contributed by atoms with van der Waals surface area (Å²) in [6.07, 6.45) is 9.00. The lowest BCUT2D eigenvalue weighted by atomic mass is 10.1. The van der Waals surface area contributed by atoms with Crippen molar-refractivity contribution in [1.29, 1.82) is 0 Å². The average molecular weight is 200 g/mol. The lowest BCUT2D eigenvalue weighted by Crippen LogP contribution is -1.77. The van der Waals surface area contributed by atoms with Gasteiger partial charge in [0.1, 0.15) is 0 Å². The molecule has 80 valence electrons. The van der Waals surface area contributed by atoms with Gasteiger partial charge in [0.2, 0.25) is 0 Å². The molecule has 0 heteroatoms. The molecule has 0 bridgehead atoms. The minimum absolute atomic E-state index is 1.08. The van der Waals surface area contributed by atoms with Crippen LogP contribution in [-0.4, -0.2) is 0 Å². The number of hydrogen-bond acceptors (Lipinski definition) is 0. The third-order valence-corrected chi connectivity index (χ3v) is 2.14. The summed E-state index contributed by atoms with van der Waals surface area (Å²) in [5, 5.41) is 0. The van der Waals surface area contributed by atoms with E-state index in [0.29, 0.717) is 0 Å². The minimum Gasteiger partial charge on any atom is -0.0799 e. The molecular formula is C15H20. The fourth-order valence-electron chi connectivity index (χ4n) is 1.49. The maximum atomic E-state index is 2.26. The zero-order valence-electron chi connectivity index (χ0n) is 9.96. The predicted molar refractivity (Wildman–Crippen MR) is 69.7 cm³/mol. The topological polar surface area (TPSA) is 0 Å². The van der Waals surface area contributed by atoms with Gasteiger partial charge in [0.05, 0.1) is 0 Å². The Labute approximate surface area is 93.3 Å². The second kappa shape index (κ2) is 6.23.